The molecule has 43 heavy (non-hydrogen) atoms. The van der Waals surface area contributed by atoms with Gasteiger partial charge in [-0.2, -0.15) is 0 Å². The van der Waals surface area contributed by atoms with Crippen molar-refractivity contribution >= 4 is 0 Å². The molecule has 0 radical (unpaired) electrons. The van der Waals surface area contributed by atoms with Crippen LogP contribution in [-0.2, 0) is 4.74 Å². The van der Waals surface area contributed by atoms with Crippen LogP contribution in [0, 0.1) is 46.9 Å². The lowest BCUT2D eigenvalue weighted by atomic mass is 9.74. The van der Waals surface area contributed by atoms with E-state index >= 15 is 0 Å². The monoisotopic (exact) mass is 602 g/mol. The molecule has 2 fully saturated rings. The zero-order chi connectivity index (χ0) is 30.6. The third-order valence-electron chi connectivity index (χ3n) is 10.4. The summed E-state index contributed by atoms with van der Waals surface area (Å²) in [7, 11) is 0. The molecule has 2 atom stereocenters. The number of halogens is 4. The Hall–Kier alpha value is -1.88. The van der Waals surface area contributed by atoms with Gasteiger partial charge in [0.15, 0.2) is 23.3 Å². The van der Waals surface area contributed by atoms with Gasteiger partial charge in [-0.25, -0.2) is 17.6 Å². The Morgan fingerprint density at radius 3 is 1.28 bits per heavy atom. The van der Waals surface area contributed by atoms with Gasteiger partial charge in [-0.05, 0) is 84.7 Å². The molecule has 2 unspecified atom stereocenters. The molecule has 5 heteroatoms. The summed E-state index contributed by atoms with van der Waals surface area (Å²) in [6.45, 7) is 4.47. The lowest BCUT2D eigenvalue weighted by Gasteiger charge is -2.40. The summed E-state index contributed by atoms with van der Waals surface area (Å²) in [5.41, 5.74) is 1.28. The summed E-state index contributed by atoms with van der Waals surface area (Å²) in [5.74, 6) is -1.74. The quantitative estimate of drug-likeness (QED) is 0.137. The zero-order valence-corrected chi connectivity index (χ0v) is 26.6. The normalized spacial score (nSPS) is 24.1. The van der Waals surface area contributed by atoms with Gasteiger partial charge in [0.05, 0.1) is 12.2 Å². The first kappa shape index (κ1) is 34.0. The summed E-state index contributed by atoms with van der Waals surface area (Å²) in [4.78, 5) is 0. The lowest BCUT2D eigenvalue weighted by Crippen LogP contribution is -2.28. The van der Waals surface area contributed by atoms with Gasteiger partial charge in [-0.15, -0.1) is 0 Å². The van der Waals surface area contributed by atoms with E-state index in [9.17, 15) is 17.6 Å². The summed E-state index contributed by atoms with van der Waals surface area (Å²) in [6, 6.07) is 8.25. The first-order valence-corrected chi connectivity index (χ1v) is 17.4. The average Bonchev–Trinajstić information content (AvgIpc) is 3.02. The van der Waals surface area contributed by atoms with Crippen molar-refractivity contribution in [3.8, 4) is 0 Å². The Morgan fingerprint density at radius 1 is 0.535 bits per heavy atom. The molecule has 0 spiro atoms. The molecule has 0 bridgehead atoms. The van der Waals surface area contributed by atoms with Crippen molar-refractivity contribution in [1.82, 2.24) is 0 Å². The number of hydrogen-bond acceptors (Lipinski definition) is 1. The molecule has 1 nitrogen and oxygen atoms in total. The highest BCUT2D eigenvalue weighted by atomic mass is 19.2. The molecule has 0 saturated heterocycles. The summed E-state index contributed by atoms with van der Waals surface area (Å²) in [5, 5.41) is 0. The molecule has 2 aromatic carbocycles. The van der Waals surface area contributed by atoms with Gasteiger partial charge >= 0.3 is 0 Å². The van der Waals surface area contributed by atoms with Gasteiger partial charge in [0.2, 0.25) is 0 Å². The fraction of sp³-hybridized carbons (Fsp3) is 0.684. The number of ether oxygens (including phenoxy) is 1. The number of hydrogen-bond donors (Lipinski definition) is 0. The van der Waals surface area contributed by atoms with Crippen LogP contribution in [0.15, 0.2) is 36.4 Å². The predicted octanol–water partition coefficient (Wildman–Crippen LogP) is 12.6. The van der Waals surface area contributed by atoms with Crippen LogP contribution in [0.5, 0.6) is 0 Å². The van der Waals surface area contributed by atoms with Crippen molar-refractivity contribution in [2.24, 2.45) is 23.7 Å². The fourth-order valence-electron chi connectivity index (χ4n) is 7.74. The molecular formula is C38H54F4O. The molecule has 0 aliphatic heterocycles. The topological polar surface area (TPSA) is 9.23 Å². The van der Waals surface area contributed by atoms with E-state index in [0.29, 0.717) is 23.0 Å². The van der Waals surface area contributed by atoms with Gasteiger partial charge in [-0.3, -0.25) is 0 Å². The number of benzene rings is 2. The molecule has 4 rings (SSSR count). The largest absolute Gasteiger partial charge is 0.365 e. The zero-order valence-electron chi connectivity index (χ0n) is 26.6. The van der Waals surface area contributed by atoms with Gasteiger partial charge < -0.3 is 4.74 Å². The van der Waals surface area contributed by atoms with Crippen molar-refractivity contribution in [1.29, 1.82) is 0 Å². The van der Waals surface area contributed by atoms with Crippen LogP contribution >= 0.6 is 0 Å². The van der Waals surface area contributed by atoms with E-state index in [2.05, 4.69) is 13.8 Å². The molecule has 0 amide bonds. The van der Waals surface area contributed by atoms with Crippen molar-refractivity contribution in [3.63, 3.8) is 0 Å². The molecule has 0 heterocycles. The van der Waals surface area contributed by atoms with Crippen LogP contribution in [0.25, 0.3) is 0 Å². The highest BCUT2D eigenvalue weighted by Crippen LogP contribution is 2.47. The maximum absolute atomic E-state index is 14.6. The second-order valence-electron chi connectivity index (χ2n) is 13.6. The van der Waals surface area contributed by atoms with E-state index in [1.807, 2.05) is 0 Å². The highest BCUT2D eigenvalue weighted by Gasteiger charge is 2.36. The molecular weight excluding hydrogens is 548 g/mol. The first-order chi connectivity index (χ1) is 20.9. The predicted molar refractivity (Wildman–Crippen MR) is 168 cm³/mol. The minimum Gasteiger partial charge on any atom is -0.365 e. The summed E-state index contributed by atoms with van der Waals surface area (Å²) in [6.07, 6.45) is 20.1. The highest BCUT2D eigenvalue weighted by molar-refractivity contribution is 5.24. The van der Waals surface area contributed by atoms with Crippen molar-refractivity contribution in [2.45, 2.75) is 142 Å². The molecule has 2 aromatic rings. The van der Waals surface area contributed by atoms with E-state index in [-0.39, 0.29) is 11.8 Å². The van der Waals surface area contributed by atoms with Crippen molar-refractivity contribution in [2.75, 3.05) is 0 Å². The van der Waals surface area contributed by atoms with E-state index in [4.69, 9.17) is 4.74 Å². The minimum absolute atomic E-state index is 0.166. The van der Waals surface area contributed by atoms with Crippen molar-refractivity contribution in [3.05, 3.63) is 70.8 Å². The minimum atomic E-state index is -0.872. The van der Waals surface area contributed by atoms with Crippen LogP contribution < -0.4 is 0 Å². The third kappa shape index (κ3) is 10.1. The smallest absolute Gasteiger partial charge is 0.159 e. The maximum Gasteiger partial charge on any atom is 0.159 e. The Morgan fingerprint density at radius 2 is 0.930 bits per heavy atom. The lowest BCUT2D eigenvalue weighted by molar-refractivity contribution is -0.0910. The molecule has 2 aliphatic carbocycles. The molecule has 0 N–H and O–H groups in total. The Labute approximate surface area is 258 Å². The summed E-state index contributed by atoms with van der Waals surface area (Å²) >= 11 is 0. The Balaban J connectivity index is 1.52. The van der Waals surface area contributed by atoms with Crippen LogP contribution in [0.1, 0.15) is 153 Å². The Bertz CT molecular complexity index is 1000. The molecule has 2 saturated carbocycles. The van der Waals surface area contributed by atoms with Crippen molar-refractivity contribution < 1.29 is 22.3 Å². The summed E-state index contributed by atoms with van der Waals surface area (Å²) < 4.78 is 64.1. The standard InChI is InChI=1S/C38H54F4O/c1-3-5-7-9-11-27-13-17-29(18-14-27)37(31-21-23-33(39)35(41)25-31)43-38(32-22-24-34(40)36(42)26-32)30-19-15-28(16-20-30)12-10-8-6-4-2/h21-30,37-38H,3-20H2,1-2H3/t27-,28-,29-,30-,37?,38?. The van der Waals surface area contributed by atoms with Crippen LogP contribution in [-0.4, -0.2) is 0 Å². The molecule has 0 aromatic heterocycles. The molecule has 2 aliphatic rings. The fourth-order valence-corrected chi connectivity index (χ4v) is 7.74. The van der Waals surface area contributed by atoms with Gasteiger partial charge in [-0.1, -0.05) is 116 Å². The van der Waals surface area contributed by atoms with E-state index in [0.717, 1.165) is 51.4 Å². The van der Waals surface area contributed by atoms with Crippen LogP contribution in [0.2, 0.25) is 0 Å². The third-order valence-corrected chi connectivity index (χ3v) is 10.4. The van der Waals surface area contributed by atoms with E-state index in [1.54, 1.807) is 12.1 Å². The second kappa shape index (κ2) is 17.6. The van der Waals surface area contributed by atoms with E-state index in [1.165, 1.54) is 88.5 Å². The van der Waals surface area contributed by atoms with Gasteiger partial charge in [0.1, 0.15) is 0 Å². The average molecular weight is 603 g/mol. The number of unbranched alkanes of at least 4 members (excludes halogenated alkanes) is 6. The molecule has 240 valence electrons. The maximum atomic E-state index is 14.6. The van der Waals surface area contributed by atoms with Crippen LogP contribution in [0.3, 0.4) is 0 Å². The van der Waals surface area contributed by atoms with Gasteiger partial charge in [0.25, 0.3) is 0 Å². The second-order valence-corrected chi connectivity index (χ2v) is 13.6. The van der Waals surface area contributed by atoms with E-state index < -0.39 is 35.5 Å². The van der Waals surface area contributed by atoms with Crippen LogP contribution in [0.4, 0.5) is 17.6 Å². The van der Waals surface area contributed by atoms with Gasteiger partial charge in [0, 0.05) is 0 Å². The Kier molecular flexibility index (Phi) is 13.9. The first-order valence-electron chi connectivity index (χ1n) is 17.4. The SMILES string of the molecule is CCCCCC[C@H]1CC[C@H](C(OC(c2ccc(F)c(F)c2)[C@H]2CC[C@H](CCCCCC)CC2)c2ccc(F)c(F)c2)CC1. The number of rotatable bonds is 16.